The maximum Gasteiger partial charge on any atom is 0.243 e. The van der Waals surface area contributed by atoms with Crippen LogP contribution in [0.4, 0.5) is 0 Å². The summed E-state index contributed by atoms with van der Waals surface area (Å²) in [5.41, 5.74) is 4.57. The van der Waals surface area contributed by atoms with Crippen LogP contribution in [0.3, 0.4) is 0 Å². The summed E-state index contributed by atoms with van der Waals surface area (Å²) in [5, 5.41) is 0.703. The molecule has 0 radical (unpaired) electrons. The number of imidazole rings is 1. The van der Waals surface area contributed by atoms with Crippen molar-refractivity contribution in [3.63, 3.8) is 0 Å². The van der Waals surface area contributed by atoms with Gasteiger partial charge in [-0.3, -0.25) is 14.8 Å². The van der Waals surface area contributed by atoms with Gasteiger partial charge in [0.15, 0.2) is 0 Å². The zero-order valence-corrected chi connectivity index (χ0v) is 19.8. The number of rotatable bonds is 7. The lowest BCUT2D eigenvalue weighted by Crippen LogP contribution is -2.34. The van der Waals surface area contributed by atoms with Crippen molar-refractivity contribution in [2.45, 2.75) is 38.5 Å². The Balaban J connectivity index is 1.37. The lowest BCUT2D eigenvalue weighted by molar-refractivity contribution is -0.132. The van der Waals surface area contributed by atoms with E-state index in [9.17, 15) is 4.79 Å². The van der Waals surface area contributed by atoms with Crippen LogP contribution in [0.15, 0.2) is 60.9 Å². The Bertz CT molecular complexity index is 1320. The summed E-state index contributed by atoms with van der Waals surface area (Å²) in [5.74, 6) is 0.793. The quantitative estimate of drug-likeness (QED) is 0.391. The molecule has 4 aromatic rings. The van der Waals surface area contributed by atoms with Gasteiger partial charge in [0.05, 0.1) is 34.7 Å². The highest BCUT2D eigenvalue weighted by Crippen LogP contribution is 2.31. The van der Waals surface area contributed by atoms with E-state index >= 15 is 0 Å². The molecule has 0 bridgehead atoms. The minimum absolute atomic E-state index is 0.0463. The molecule has 1 fully saturated rings. The molecule has 174 valence electrons. The van der Waals surface area contributed by atoms with Gasteiger partial charge in [0.25, 0.3) is 0 Å². The molecule has 1 amide bonds. The molecule has 2 aromatic carbocycles. The molecule has 5 rings (SSSR count). The molecule has 0 spiro atoms. The number of hydrogen-bond acceptors (Lipinski definition) is 5. The second-order valence-corrected chi connectivity index (χ2v) is 8.96. The van der Waals surface area contributed by atoms with E-state index in [1.165, 1.54) is 0 Å². The minimum atomic E-state index is -0.0834. The van der Waals surface area contributed by atoms with Crippen molar-refractivity contribution >= 4 is 28.5 Å². The Labute approximate surface area is 203 Å². The highest BCUT2D eigenvalue weighted by Gasteiger charge is 2.32. The van der Waals surface area contributed by atoms with E-state index in [0.717, 1.165) is 46.7 Å². The number of para-hydroxylation sites is 2. The number of halogens is 1. The summed E-state index contributed by atoms with van der Waals surface area (Å²) in [4.78, 5) is 29.4. The smallest absolute Gasteiger partial charge is 0.243 e. The molecule has 0 N–H and O–H groups in total. The number of fused-ring (bicyclic) bond motifs is 1. The van der Waals surface area contributed by atoms with Crippen LogP contribution in [0.2, 0.25) is 5.02 Å². The van der Waals surface area contributed by atoms with Gasteiger partial charge in [-0.05, 0) is 42.7 Å². The molecule has 2 aromatic heterocycles. The molecule has 0 saturated carbocycles. The lowest BCUT2D eigenvalue weighted by Gasteiger charge is -2.25. The number of benzene rings is 2. The predicted octanol–water partition coefficient (Wildman–Crippen LogP) is 4.58. The molecule has 1 atom stereocenters. The van der Waals surface area contributed by atoms with Crippen LogP contribution < -0.4 is 0 Å². The minimum Gasteiger partial charge on any atom is -0.377 e. The molecule has 3 heterocycles. The monoisotopic (exact) mass is 475 g/mol. The molecule has 8 heteroatoms. The molecule has 1 saturated heterocycles. The Morgan fingerprint density at radius 2 is 2.03 bits per heavy atom. The van der Waals surface area contributed by atoms with E-state index in [1.54, 1.807) is 19.5 Å². The number of likely N-dealkylation sites (tertiary alicyclic amines) is 1. The first-order chi connectivity index (χ1) is 16.6. The third kappa shape index (κ3) is 4.67. The Morgan fingerprint density at radius 3 is 2.88 bits per heavy atom. The van der Waals surface area contributed by atoms with E-state index in [1.807, 2.05) is 58.0 Å². The third-order valence-electron chi connectivity index (χ3n) is 6.19. The van der Waals surface area contributed by atoms with Crippen molar-refractivity contribution in [2.75, 3.05) is 13.7 Å². The summed E-state index contributed by atoms with van der Waals surface area (Å²) >= 11 is 6.13. The maximum atomic E-state index is 13.5. The number of amides is 1. The van der Waals surface area contributed by atoms with Gasteiger partial charge in [0, 0.05) is 31.3 Å². The van der Waals surface area contributed by atoms with Gasteiger partial charge in [0.2, 0.25) is 5.91 Å². The number of carbonyl (C=O) groups excluding carboxylic acids is 1. The van der Waals surface area contributed by atoms with Crippen LogP contribution in [0.5, 0.6) is 0 Å². The number of nitrogens with zero attached hydrogens (tertiary/aromatic N) is 5. The van der Waals surface area contributed by atoms with Crippen molar-refractivity contribution in [2.24, 2.45) is 0 Å². The Morgan fingerprint density at radius 1 is 1.15 bits per heavy atom. The molecule has 0 aliphatic carbocycles. The predicted molar refractivity (Wildman–Crippen MR) is 130 cm³/mol. The van der Waals surface area contributed by atoms with Gasteiger partial charge in [-0.1, -0.05) is 35.9 Å². The van der Waals surface area contributed by atoms with Crippen LogP contribution in [0.1, 0.15) is 41.7 Å². The summed E-state index contributed by atoms with van der Waals surface area (Å²) in [6, 6.07) is 15.5. The fraction of sp³-hybridized carbons (Fsp3) is 0.308. The molecule has 1 unspecified atom stereocenters. The second kappa shape index (κ2) is 9.91. The van der Waals surface area contributed by atoms with Crippen LogP contribution in [-0.2, 0) is 29.1 Å². The molecule has 34 heavy (non-hydrogen) atoms. The summed E-state index contributed by atoms with van der Waals surface area (Å²) in [6.45, 7) is 1.27. The van der Waals surface area contributed by atoms with Gasteiger partial charge < -0.3 is 14.2 Å². The molecule has 7 nitrogen and oxygen atoms in total. The van der Waals surface area contributed by atoms with Crippen LogP contribution in [-0.4, -0.2) is 44.0 Å². The summed E-state index contributed by atoms with van der Waals surface area (Å²) in [6.07, 6.45) is 6.01. The third-order valence-corrected chi connectivity index (χ3v) is 6.43. The standard InChI is InChI=1S/C26H26ClN5O2/c1-34-17-25-30-21-8-2-3-9-23(21)32(25)16-26(33)31-11-5-10-24(31)22-15-28-14-20(29-22)13-18-6-4-7-19(27)12-18/h2-4,6-9,12,14-15,24H,5,10-11,13,16-17H2,1H3. The fourth-order valence-corrected chi connectivity index (χ4v) is 4.88. The lowest BCUT2D eigenvalue weighted by atomic mass is 10.1. The van der Waals surface area contributed by atoms with Gasteiger partial charge >= 0.3 is 0 Å². The van der Waals surface area contributed by atoms with E-state index in [2.05, 4.69) is 9.97 Å². The first-order valence-electron chi connectivity index (χ1n) is 11.4. The van der Waals surface area contributed by atoms with Crippen molar-refractivity contribution < 1.29 is 9.53 Å². The average molecular weight is 476 g/mol. The van der Waals surface area contributed by atoms with E-state index in [-0.39, 0.29) is 18.5 Å². The second-order valence-electron chi connectivity index (χ2n) is 8.52. The van der Waals surface area contributed by atoms with Gasteiger partial charge in [-0.25, -0.2) is 4.98 Å². The van der Waals surface area contributed by atoms with Crippen molar-refractivity contribution in [3.05, 3.63) is 88.7 Å². The average Bonchev–Trinajstić information content (AvgIpc) is 3.45. The molecule has 1 aliphatic rings. The topological polar surface area (TPSA) is 73.1 Å². The summed E-state index contributed by atoms with van der Waals surface area (Å²) in [7, 11) is 1.64. The first kappa shape index (κ1) is 22.5. The van der Waals surface area contributed by atoms with E-state index in [4.69, 9.17) is 21.3 Å². The highest BCUT2D eigenvalue weighted by atomic mass is 35.5. The van der Waals surface area contributed by atoms with Gasteiger partial charge in [0.1, 0.15) is 19.0 Å². The summed E-state index contributed by atoms with van der Waals surface area (Å²) < 4.78 is 7.29. The van der Waals surface area contributed by atoms with Crippen molar-refractivity contribution in [1.29, 1.82) is 0 Å². The number of hydrogen-bond donors (Lipinski definition) is 0. The normalized spacial score (nSPS) is 15.8. The number of carbonyl (C=O) groups is 1. The Kier molecular flexibility index (Phi) is 6.56. The van der Waals surface area contributed by atoms with Crippen molar-refractivity contribution in [1.82, 2.24) is 24.4 Å². The highest BCUT2D eigenvalue weighted by molar-refractivity contribution is 6.30. The number of aromatic nitrogens is 4. The molecular weight excluding hydrogens is 450 g/mol. The van der Waals surface area contributed by atoms with Crippen LogP contribution >= 0.6 is 11.6 Å². The maximum absolute atomic E-state index is 13.5. The first-order valence-corrected chi connectivity index (χ1v) is 11.8. The van der Waals surface area contributed by atoms with Gasteiger partial charge in [-0.2, -0.15) is 0 Å². The van der Waals surface area contributed by atoms with Crippen LogP contribution in [0, 0.1) is 0 Å². The number of methoxy groups -OCH3 is 1. The molecule has 1 aliphatic heterocycles. The zero-order valence-electron chi connectivity index (χ0n) is 19.0. The van der Waals surface area contributed by atoms with Crippen molar-refractivity contribution in [3.8, 4) is 0 Å². The van der Waals surface area contributed by atoms with Crippen LogP contribution in [0.25, 0.3) is 11.0 Å². The van der Waals surface area contributed by atoms with Gasteiger partial charge in [-0.15, -0.1) is 0 Å². The SMILES string of the molecule is COCc1nc2ccccc2n1CC(=O)N1CCCC1c1cncc(Cc2cccc(Cl)c2)n1. The molecular formula is C26H26ClN5O2. The largest absolute Gasteiger partial charge is 0.377 e. The number of ether oxygens (including phenoxy) is 1. The zero-order chi connectivity index (χ0) is 23.5. The van der Waals surface area contributed by atoms with E-state index < -0.39 is 0 Å². The fourth-order valence-electron chi connectivity index (χ4n) is 4.66. The Hall–Kier alpha value is -3.29. The van der Waals surface area contributed by atoms with E-state index in [0.29, 0.717) is 24.6 Å².